The number of amides is 1. The van der Waals surface area contributed by atoms with Crippen LogP contribution < -0.4 is 4.74 Å². The first kappa shape index (κ1) is 21.7. The van der Waals surface area contributed by atoms with Crippen LogP contribution in [0.4, 0.5) is 0 Å². The molecule has 2 heterocycles. The molecule has 2 aromatic rings. The van der Waals surface area contributed by atoms with Gasteiger partial charge in [-0.15, -0.1) is 0 Å². The van der Waals surface area contributed by atoms with Gasteiger partial charge in [0.15, 0.2) is 0 Å². The normalized spacial score (nSPS) is 18.2. The standard InChI is InChI=1S/C24H29NO5/c1-4-6-7-15-29-18-11-9-17(10-12-18)22(26)20-21(19-13-8-16(3)30-19)25(14-5-2)24(28)23(20)27/h8-13,21,26H,4-7,14-15H2,1-3H3/b22-20-. The number of ketones is 1. The van der Waals surface area contributed by atoms with Crippen molar-refractivity contribution in [2.24, 2.45) is 0 Å². The Labute approximate surface area is 177 Å². The van der Waals surface area contributed by atoms with Crippen molar-refractivity contribution in [2.75, 3.05) is 13.2 Å². The molecular weight excluding hydrogens is 382 g/mol. The molecule has 30 heavy (non-hydrogen) atoms. The van der Waals surface area contributed by atoms with Gasteiger partial charge in [-0.05, 0) is 56.2 Å². The molecule has 1 aromatic heterocycles. The van der Waals surface area contributed by atoms with Crippen molar-refractivity contribution in [3.05, 3.63) is 59.1 Å². The molecule has 1 aliphatic heterocycles. The van der Waals surface area contributed by atoms with E-state index in [2.05, 4.69) is 6.92 Å². The second kappa shape index (κ2) is 9.65. The molecule has 1 amide bonds. The smallest absolute Gasteiger partial charge is 0.295 e. The van der Waals surface area contributed by atoms with Gasteiger partial charge < -0.3 is 19.2 Å². The summed E-state index contributed by atoms with van der Waals surface area (Å²) in [5, 5.41) is 11.0. The van der Waals surface area contributed by atoms with Crippen LogP contribution in [-0.4, -0.2) is 34.8 Å². The minimum atomic E-state index is -0.733. The Hall–Kier alpha value is -3.02. The predicted octanol–water partition coefficient (Wildman–Crippen LogP) is 4.99. The Morgan fingerprint density at radius 1 is 1.07 bits per heavy atom. The van der Waals surface area contributed by atoms with Crippen molar-refractivity contribution in [1.29, 1.82) is 0 Å². The van der Waals surface area contributed by atoms with E-state index >= 15 is 0 Å². The van der Waals surface area contributed by atoms with Gasteiger partial charge in [0, 0.05) is 12.1 Å². The summed E-state index contributed by atoms with van der Waals surface area (Å²) in [6.07, 6.45) is 3.92. The highest BCUT2D eigenvalue weighted by molar-refractivity contribution is 6.46. The lowest BCUT2D eigenvalue weighted by Crippen LogP contribution is -2.30. The summed E-state index contributed by atoms with van der Waals surface area (Å²) in [6, 6.07) is 9.71. The molecule has 1 fully saturated rings. The lowest BCUT2D eigenvalue weighted by atomic mass is 9.99. The number of benzene rings is 1. The maximum atomic E-state index is 12.8. The number of furan rings is 1. The van der Waals surface area contributed by atoms with E-state index in [1.807, 2.05) is 6.92 Å². The number of unbranched alkanes of at least 4 members (excludes halogenated alkanes) is 2. The summed E-state index contributed by atoms with van der Waals surface area (Å²) >= 11 is 0. The molecule has 1 N–H and O–H groups in total. The van der Waals surface area contributed by atoms with Crippen molar-refractivity contribution in [3.63, 3.8) is 0 Å². The van der Waals surface area contributed by atoms with E-state index in [4.69, 9.17) is 9.15 Å². The number of carbonyl (C=O) groups is 2. The minimum Gasteiger partial charge on any atom is -0.507 e. The number of ether oxygens (including phenoxy) is 1. The Morgan fingerprint density at radius 2 is 1.80 bits per heavy atom. The van der Waals surface area contributed by atoms with E-state index in [-0.39, 0.29) is 11.3 Å². The van der Waals surface area contributed by atoms with Crippen LogP contribution in [0.3, 0.4) is 0 Å². The van der Waals surface area contributed by atoms with E-state index in [1.165, 1.54) is 4.90 Å². The lowest BCUT2D eigenvalue weighted by molar-refractivity contribution is -0.140. The van der Waals surface area contributed by atoms with Crippen LogP contribution in [0.2, 0.25) is 0 Å². The van der Waals surface area contributed by atoms with Crippen molar-refractivity contribution in [1.82, 2.24) is 4.90 Å². The van der Waals surface area contributed by atoms with Crippen LogP contribution in [-0.2, 0) is 9.59 Å². The number of nitrogens with zero attached hydrogens (tertiary/aromatic N) is 1. The number of Topliss-reactive ketones (excluding diaryl/α,β-unsaturated/α-hetero) is 1. The Kier molecular flexibility index (Phi) is 6.98. The van der Waals surface area contributed by atoms with Crippen LogP contribution in [0.15, 0.2) is 46.4 Å². The zero-order valence-corrected chi connectivity index (χ0v) is 17.8. The third kappa shape index (κ3) is 4.42. The molecule has 1 unspecified atom stereocenters. The zero-order valence-electron chi connectivity index (χ0n) is 17.8. The van der Waals surface area contributed by atoms with E-state index in [0.29, 0.717) is 42.4 Å². The van der Waals surface area contributed by atoms with E-state index in [1.54, 1.807) is 43.3 Å². The molecule has 1 saturated heterocycles. The fraction of sp³-hybridized carbons (Fsp3) is 0.417. The highest BCUT2D eigenvalue weighted by Gasteiger charge is 2.47. The quantitative estimate of drug-likeness (QED) is 0.272. The molecule has 6 nitrogen and oxygen atoms in total. The Balaban J connectivity index is 1.93. The van der Waals surface area contributed by atoms with Gasteiger partial charge in [-0.2, -0.15) is 0 Å². The number of carbonyl (C=O) groups excluding carboxylic acids is 2. The van der Waals surface area contributed by atoms with Crippen molar-refractivity contribution >= 4 is 17.4 Å². The third-order valence-corrected chi connectivity index (χ3v) is 5.18. The van der Waals surface area contributed by atoms with Crippen LogP contribution in [0, 0.1) is 6.92 Å². The summed E-state index contributed by atoms with van der Waals surface area (Å²) in [5.41, 5.74) is 0.512. The molecule has 0 saturated carbocycles. The van der Waals surface area contributed by atoms with Crippen molar-refractivity contribution < 1.29 is 23.8 Å². The molecule has 1 aromatic carbocycles. The average Bonchev–Trinajstić information content (AvgIpc) is 3.28. The summed E-state index contributed by atoms with van der Waals surface area (Å²) in [7, 11) is 0. The first-order chi connectivity index (χ1) is 14.5. The van der Waals surface area contributed by atoms with Gasteiger partial charge in [0.25, 0.3) is 11.7 Å². The SMILES string of the molecule is CCCCCOc1ccc(/C(O)=C2/C(=O)C(=O)N(CCC)C2c2ccc(C)o2)cc1. The summed E-state index contributed by atoms with van der Waals surface area (Å²) in [5.74, 6) is 0.332. The highest BCUT2D eigenvalue weighted by Crippen LogP contribution is 2.40. The van der Waals surface area contributed by atoms with E-state index in [9.17, 15) is 14.7 Å². The average molecular weight is 411 g/mol. The summed E-state index contributed by atoms with van der Waals surface area (Å²) in [6.45, 7) is 6.91. The van der Waals surface area contributed by atoms with Crippen molar-refractivity contribution in [3.8, 4) is 5.75 Å². The number of aliphatic hydroxyl groups is 1. The molecule has 1 atom stereocenters. The van der Waals surface area contributed by atoms with Crippen LogP contribution >= 0.6 is 0 Å². The lowest BCUT2D eigenvalue weighted by Gasteiger charge is -2.22. The second-order valence-electron chi connectivity index (χ2n) is 7.52. The molecular formula is C24H29NO5. The number of aryl methyl sites for hydroxylation is 1. The number of hydrogen-bond donors (Lipinski definition) is 1. The van der Waals surface area contributed by atoms with Gasteiger partial charge in [-0.3, -0.25) is 9.59 Å². The molecule has 6 heteroatoms. The third-order valence-electron chi connectivity index (χ3n) is 5.18. The zero-order chi connectivity index (χ0) is 21.7. The summed E-state index contributed by atoms with van der Waals surface area (Å²) < 4.78 is 11.4. The second-order valence-corrected chi connectivity index (χ2v) is 7.52. The van der Waals surface area contributed by atoms with Gasteiger partial charge >= 0.3 is 0 Å². The maximum absolute atomic E-state index is 12.8. The van der Waals surface area contributed by atoms with Gasteiger partial charge in [0.05, 0.1) is 12.2 Å². The van der Waals surface area contributed by atoms with Gasteiger partial charge in [-0.1, -0.05) is 26.7 Å². The first-order valence-electron chi connectivity index (χ1n) is 10.6. The molecule has 0 radical (unpaired) electrons. The molecule has 0 aliphatic carbocycles. The topological polar surface area (TPSA) is 80.0 Å². The Bertz CT molecular complexity index is 925. The predicted molar refractivity (Wildman–Crippen MR) is 114 cm³/mol. The minimum absolute atomic E-state index is 0.0550. The number of likely N-dealkylation sites (tertiary alicyclic amines) is 1. The molecule has 3 rings (SSSR count). The molecule has 0 spiro atoms. The van der Waals surface area contributed by atoms with Crippen LogP contribution in [0.5, 0.6) is 5.75 Å². The largest absolute Gasteiger partial charge is 0.507 e. The van der Waals surface area contributed by atoms with Gasteiger partial charge in [0.1, 0.15) is 29.1 Å². The van der Waals surface area contributed by atoms with Gasteiger partial charge in [0.2, 0.25) is 0 Å². The Morgan fingerprint density at radius 3 is 2.40 bits per heavy atom. The fourth-order valence-electron chi connectivity index (χ4n) is 3.65. The molecule has 0 bridgehead atoms. The molecule has 160 valence electrons. The monoisotopic (exact) mass is 411 g/mol. The summed E-state index contributed by atoms with van der Waals surface area (Å²) in [4.78, 5) is 26.9. The fourth-order valence-corrected chi connectivity index (χ4v) is 3.65. The van der Waals surface area contributed by atoms with Gasteiger partial charge in [-0.25, -0.2) is 0 Å². The van der Waals surface area contributed by atoms with E-state index < -0.39 is 17.7 Å². The van der Waals surface area contributed by atoms with Crippen LogP contribution in [0.25, 0.3) is 5.76 Å². The van der Waals surface area contributed by atoms with Crippen LogP contribution in [0.1, 0.15) is 62.7 Å². The molecule has 1 aliphatic rings. The number of aliphatic hydroxyl groups excluding tert-OH is 1. The number of rotatable bonds is 9. The number of hydrogen-bond acceptors (Lipinski definition) is 5. The van der Waals surface area contributed by atoms with Crippen molar-refractivity contribution in [2.45, 2.75) is 52.5 Å². The first-order valence-corrected chi connectivity index (χ1v) is 10.6. The van der Waals surface area contributed by atoms with E-state index in [0.717, 1.165) is 19.3 Å². The maximum Gasteiger partial charge on any atom is 0.295 e. The highest BCUT2D eigenvalue weighted by atomic mass is 16.5.